The van der Waals surface area contributed by atoms with Crippen molar-refractivity contribution in [3.63, 3.8) is 0 Å². The van der Waals surface area contributed by atoms with Gasteiger partial charge in [-0.25, -0.2) is 4.99 Å². The number of amides is 1. The first-order valence-corrected chi connectivity index (χ1v) is 8.82. The van der Waals surface area contributed by atoms with Crippen LogP contribution in [-0.2, 0) is 11.3 Å². The monoisotopic (exact) mass is 480 g/mol. The quantitative estimate of drug-likeness (QED) is 0.378. The number of aryl methyl sites for hydroxylation is 1. The zero-order valence-corrected chi connectivity index (χ0v) is 18.7. The smallest absolute Gasteiger partial charge is 0.241 e. The van der Waals surface area contributed by atoms with E-state index in [0.29, 0.717) is 12.5 Å². The fraction of sp³-hybridized carbons (Fsp3) is 0.333. The number of likely N-dealkylation sites (N-methyl/N-ethyl adjacent to an activating group) is 1. The van der Waals surface area contributed by atoms with Crippen LogP contribution in [0.25, 0.3) is 0 Å². The molecule has 1 amide bonds. The van der Waals surface area contributed by atoms with Gasteiger partial charge in [-0.15, -0.1) is 24.0 Å². The highest BCUT2D eigenvalue weighted by Gasteiger charge is 2.10. The molecule has 1 atom stereocenters. The predicted octanol–water partition coefficient (Wildman–Crippen LogP) is 3.50. The minimum Gasteiger partial charge on any atom is -0.350 e. The van der Waals surface area contributed by atoms with E-state index in [4.69, 9.17) is 0 Å². The van der Waals surface area contributed by atoms with Crippen LogP contribution in [0.15, 0.2) is 59.6 Å². The molecular weight excluding hydrogens is 451 g/mol. The molecule has 0 aromatic heterocycles. The van der Waals surface area contributed by atoms with Crippen LogP contribution in [0.1, 0.15) is 29.7 Å². The van der Waals surface area contributed by atoms with Crippen LogP contribution in [0.5, 0.6) is 0 Å². The zero-order chi connectivity index (χ0) is 18.9. The third kappa shape index (κ3) is 7.58. The Morgan fingerprint density at radius 1 is 1.07 bits per heavy atom. The predicted molar refractivity (Wildman–Crippen MR) is 122 cm³/mol. The Kier molecular flexibility index (Phi) is 9.85. The number of rotatable bonds is 6. The van der Waals surface area contributed by atoms with Gasteiger partial charge in [-0.05, 0) is 30.5 Å². The Labute approximate surface area is 179 Å². The second kappa shape index (κ2) is 11.6. The summed E-state index contributed by atoms with van der Waals surface area (Å²) < 4.78 is 0. The molecular formula is C21H29IN4O. The average Bonchev–Trinajstić information content (AvgIpc) is 2.65. The summed E-state index contributed by atoms with van der Waals surface area (Å²) in [6.45, 7) is 4.91. The molecule has 0 heterocycles. The summed E-state index contributed by atoms with van der Waals surface area (Å²) in [5.74, 6) is 0.627. The van der Waals surface area contributed by atoms with E-state index in [1.54, 1.807) is 19.0 Å². The number of guanidine groups is 1. The largest absolute Gasteiger partial charge is 0.350 e. The summed E-state index contributed by atoms with van der Waals surface area (Å²) in [6.07, 6.45) is 0. The van der Waals surface area contributed by atoms with Gasteiger partial charge in [-0.3, -0.25) is 4.79 Å². The van der Waals surface area contributed by atoms with Crippen molar-refractivity contribution in [1.82, 2.24) is 15.5 Å². The third-order valence-electron chi connectivity index (χ3n) is 4.23. The Morgan fingerprint density at radius 3 is 2.33 bits per heavy atom. The normalized spacial score (nSPS) is 11.9. The molecule has 0 aliphatic carbocycles. The van der Waals surface area contributed by atoms with Crippen molar-refractivity contribution in [1.29, 1.82) is 0 Å². The molecule has 2 N–H and O–H groups in total. The van der Waals surface area contributed by atoms with Gasteiger partial charge in [0.2, 0.25) is 5.91 Å². The fourth-order valence-corrected chi connectivity index (χ4v) is 2.45. The molecule has 27 heavy (non-hydrogen) atoms. The molecule has 2 rings (SSSR count). The van der Waals surface area contributed by atoms with Gasteiger partial charge in [0, 0.05) is 14.1 Å². The minimum atomic E-state index is 0. The van der Waals surface area contributed by atoms with Crippen molar-refractivity contribution in [2.75, 3.05) is 20.6 Å². The van der Waals surface area contributed by atoms with Gasteiger partial charge in [0.1, 0.15) is 0 Å². The molecule has 0 spiro atoms. The van der Waals surface area contributed by atoms with Crippen molar-refractivity contribution >= 4 is 35.8 Å². The molecule has 5 nitrogen and oxygen atoms in total. The molecule has 6 heteroatoms. The third-order valence-corrected chi connectivity index (χ3v) is 4.23. The molecule has 2 aromatic rings. The zero-order valence-electron chi connectivity index (χ0n) is 16.4. The average molecular weight is 480 g/mol. The van der Waals surface area contributed by atoms with Crippen LogP contribution < -0.4 is 10.6 Å². The summed E-state index contributed by atoms with van der Waals surface area (Å²) in [5.41, 5.74) is 3.54. The molecule has 0 aliphatic rings. The van der Waals surface area contributed by atoms with E-state index in [-0.39, 0.29) is 42.5 Å². The van der Waals surface area contributed by atoms with Crippen molar-refractivity contribution in [2.45, 2.75) is 26.4 Å². The van der Waals surface area contributed by atoms with Gasteiger partial charge in [-0.1, -0.05) is 54.6 Å². The van der Waals surface area contributed by atoms with E-state index in [1.165, 1.54) is 11.1 Å². The maximum Gasteiger partial charge on any atom is 0.241 e. The molecule has 1 unspecified atom stereocenters. The van der Waals surface area contributed by atoms with Crippen LogP contribution in [-0.4, -0.2) is 37.4 Å². The molecule has 0 saturated carbocycles. The SMILES string of the molecule is Cc1ccccc1CN=C(NCC(=O)N(C)C)NC(C)c1ccccc1.I. The summed E-state index contributed by atoms with van der Waals surface area (Å²) in [4.78, 5) is 18.1. The molecule has 0 saturated heterocycles. The molecule has 0 radical (unpaired) electrons. The number of carbonyl (C=O) groups is 1. The summed E-state index contributed by atoms with van der Waals surface area (Å²) >= 11 is 0. The first kappa shape index (κ1) is 23.0. The molecule has 0 fully saturated rings. The minimum absolute atomic E-state index is 0. The van der Waals surface area contributed by atoms with Gasteiger partial charge < -0.3 is 15.5 Å². The van der Waals surface area contributed by atoms with Crippen molar-refractivity contribution in [3.8, 4) is 0 Å². The number of nitrogens with one attached hydrogen (secondary N) is 2. The summed E-state index contributed by atoms with van der Waals surface area (Å²) in [6, 6.07) is 18.4. The lowest BCUT2D eigenvalue weighted by Crippen LogP contribution is -2.43. The lowest BCUT2D eigenvalue weighted by Gasteiger charge is -2.19. The van der Waals surface area contributed by atoms with Crippen LogP contribution in [0.4, 0.5) is 0 Å². The van der Waals surface area contributed by atoms with E-state index >= 15 is 0 Å². The number of hydrogen-bond donors (Lipinski definition) is 2. The lowest BCUT2D eigenvalue weighted by molar-refractivity contribution is -0.127. The van der Waals surface area contributed by atoms with Gasteiger partial charge in [0.15, 0.2) is 5.96 Å². The van der Waals surface area contributed by atoms with Crippen molar-refractivity contribution in [2.24, 2.45) is 4.99 Å². The number of halogens is 1. The number of hydrogen-bond acceptors (Lipinski definition) is 2. The van der Waals surface area contributed by atoms with Crippen LogP contribution in [0.2, 0.25) is 0 Å². The van der Waals surface area contributed by atoms with E-state index in [2.05, 4.69) is 53.7 Å². The second-order valence-electron chi connectivity index (χ2n) is 6.51. The fourth-order valence-electron chi connectivity index (χ4n) is 2.45. The second-order valence-corrected chi connectivity index (χ2v) is 6.51. The molecule has 0 aliphatic heterocycles. The maximum atomic E-state index is 11.9. The van der Waals surface area contributed by atoms with Crippen molar-refractivity contribution in [3.05, 3.63) is 71.3 Å². The highest BCUT2D eigenvalue weighted by molar-refractivity contribution is 14.0. The van der Waals surface area contributed by atoms with E-state index < -0.39 is 0 Å². The molecule has 2 aromatic carbocycles. The standard InChI is InChI=1S/C21H28N4O.HI/c1-16-10-8-9-13-19(16)14-22-21(23-15-20(26)25(3)4)24-17(2)18-11-6-5-7-12-18;/h5-13,17H,14-15H2,1-4H3,(H2,22,23,24);1H. The van der Waals surface area contributed by atoms with E-state index in [0.717, 1.165) is 5.56 Å². The Hall–Kier alpha value is -2.09. The summed E-state index contributed by atoms with van der Waals surface area (Å²) in [7, 11) is 3.49. The highest BCUT2D eigenvalue weighted by Crippen LogP contribution is 2.12. The number of carbonyl (C=O) groups excluding carboxylic acids is 1. The Bertz CT molecular complexity index is 747. The number of nitrogens with zero attached hydrogens (tertiary/aromatic N) is 2. The van der Waals surface area contributed by atoms with Gasteiger partial charge in [0.05, 0.1) is 19.1 Å². The van der Waals surface area contributed by atoms with Crippen LogP contribution in [0, 0.1) is 6.92 Å². The maximum absolute atomic E-state index is 11.9. The van der Waals surface area contributed by atoms with Gasteiger partial charge >= 0.3 is 0 Å². The highest BCUT2D eigenvalue weighted by atomic mass is 127. The number of aliphatic imine (C=N–C) groups is 1. The Morgan fingerprint density at radius 2 is 1.70 bits per heavy atom. The Balaban J connectivity index is 0.00000364. The first-order valence-electron chi connectivity index (χ1n) is 8.82. The summed E-state index contributed by atoms with van der Waals surface area (Å²) in [5, 5.41) is 6.52. The molecule has 0 bridgehead atoms. The van der Waals surface area contributed by atoms with Crippen molar-refractivity contribution < 1.29 is 4.79 Å². The van der Waals surface area contributed by atoms with E-state index in [1.807, 2.05) is 30.3 Å². The van der Waals surface area contributed by atoms with Gasteiger partial charge in [0.25, 0.3) is 0 Å². The topological polar surface area (TPSA) is 56.7 Å². The van der Waals surface area contributed by atoms with Crippen LogP contribution in [0.3, 0.4) is 0 Å². The van der Waals surface area contributed by atoms with E-state index in [9.17, 15) is 4.79 Å². The lowest BCUT2D eigenvalue weighted by atomic mass is 10.1. The van der Waals surface area contributed by atoms with Crippen LogP contribution >= 0.6 is 24.0 Å². The number of benzene rings is 2. The van der Waals surface area contributed by atoms with Gasteiger partial charge in [-0.2, -0.15) is 0 Å². The molecule has 146 valence electrons. The first-order chi connectivity index (χ1) is 12.5.